The Hall–Kier alpha value is -0.820. The summed E-state index contributed by atoms with van der Waals surface area (Å²) in [4.78, 5) is 0. The minimum absolute atomic E-state index is 0.196. The summed E-state index contributed by atoms with van der Waals surface area (Å²) >= 11 is 0. The molecule has 1 N–H and O–H groups in total. The lowest BCUT2D eigenvalue weighted by Gasteiger charge is -2.38. The van der Waals surface area contributed by atoms with Crippen molar-refractivity contribution in [3.8, 4) is 0 Å². The molecule has 106 valence electrons. The van der Waals surface area contributed by atoms with Crippen molar-refractivity contribution in [2.75, 3.05) is 6.54 Å². The molecule has 19 heavy (non-hydrogen) atoms. The zero-order valence-corrected chi connectivity index (χ0v) is 12.8. The number of rotatable bonds is 4. The third kappa shape index (κ3) is 3.20. The van der Waals surface area contributed by atoms with Crippen LogP contribution in [-0.4, -0.2) is 6.54 Å². The van der Waals surface area contributed by atoms with Gasteiger partial charge in [-0.25, -0.2) is 0 Å². The molecule has 0 aliphatic carbocycles. The van der Waals surface area contributed by atoms with Crippen molar-refractivity contribution in [1.29, 1.82) is 0 Å². The molecule has 0 saturated carbocycles. The molecule has 0 radical (unpaired) electrons. The van der Waals surface area contributed by atoms with Crippen LogP contribution in [0, 0.1) is 5.92 Å². The fourth-order valence-corrected chi connectivity index (χ4v) is 3.44. The highest BCUT2D eigenvalue weighted by Crippen LogP contribution is 2.36. The van der Waals surface area contributed by atoms with Gasteiger partial charge in [0.15, 0.2) is 0 Å². The molecule has 1 aromatic carbocycles. The molecule has 1 atom stereocenters. The molecule has 1 aliphatic heterocycles. The molecule has 2 rings (SSSR count). The zero-order chi connectivity index (χ0) is 13.7. The van der Waals surface area contributed by atoms with E-state index in [1.54, 1.807) is 0 Å². The van der Waals surface area contributed by atoms with E-state index in [1.165, 1.54) is 49.7 Å². The second-order valence-electron chi connectivity index (χ2n) is 6.31. The average molecular weight is 259 g/mol. The lowest BCUT2D eigenvalue weighted by Crippen LogP contribution is -2.46. The summed E-state index contributed by atoms with van der Waals surface area (Å²) in [5.74, 6) is 0.641. The summed E-state index contributed by atoms with van der Waals surface area (Å²) in [5.41, 5.74) is 3.16. The van der Waals surface area contributed by atoms with Gasteiger partial charge < -0.3 is 5.32 Å². The number of nitrogens with one attached hydrogen (secondary N) is 1. The van der Waals surface area contributed by atoms with Gasteiger partial charge in [0.05, 0.1) is 0 Å². The third-order valence-electron chi connectivity index (χ3n) is 4.68. The SMILES string of the molecule is CCCc1ccc(C2(C(C)C)CCCCCN2)cc1. The van der Waals surface area contributed by atoms with Gasteiger partial charge in [-0.3, -0.25) is 0 Å². The molecule has 0 spiro atoms. The first-order chi connectivity index (χ1) is 9.19. The number of aryl methyl sites for hydroxylation is 1. The Bertz CT molecular complexity index is 369. The molecule has 0 amide bonds. The summed E-state index contributed by atoms with van der Waals surface area (Å²) in [7, 11) is 0. The van der Waals surface area contributed by atoms with Gasteiger partial charge in [0.1, 0.15) is 0 Å². The van der Waals surface area contributed by atoms with Crippen LogP contribution in [0.4, 0.5) is 0 Å². The van der Waals surface area contributed by atoms with Crippen molar-refractivity contribution < 1.29 is 0 Å². The predicted molar refractivity (Wildman–Crippen MR) is 83.4 cm³/mol. The van der Waals surface area contributed by atoms with E-state index in [1.807, 2.05) is 0 Å². The Morgan fingerprint density at radius 3 is 2.47 bits per heavy atom. The van der Waals surface area contributed by atoms with E-state index in [-0.39, 0.29) is 5.54 Å². The Labute approximate surface area is 118 Å². The van der Waals surface area contributed by atoms with Crippen LogP contribution in [0.3, 0.4) is 0 Å². The van der Waals surface area contributed by atoms with Crippen LogP contribution < -0.4 is 5.32 Å². The van der Waals surface area contributed by atoms with Crippen molar-refractivity contribution in [1.82, 2.24) is 5.32 Å². The average Bonchev–Trinajstić information content (AvgIpc) is 2.66. The second kappa shape index (κ2) is 6.56. The normalized spacial score (nSPS) is 24.4. The largest absolute Gasteiger partial charge is 0.307 e. The molecule has 1 aromatic rings. The Kier molecular flexibility index (Phi) is 5.04. The molecule has 0 aromatic heterocycles. The molecule has 1 fully saturated rings. The molecule has 0 bridgehead atoms. The number of benzene rings is 1. The third-order valence-corrected chi connectivity index (χ3v) is 4.68. The van der Waals surface area contributed by atoms with E-state index < -0.39 is 0 Å². The lowest BCUT2D eigenvalue weighted by molar-refractivity contribution is 0.231. The topological polar surface area (TPSA) is 12.0 Å². The first kappa shape index (κ1) is 14.6. The van der Waals surface area contributed by atoms with E-state index in [0.717, 1.165) is 6.54 Å². The fraction of sp³-hybridized carbons (Fsp3) is 0.667. The molecule has 1 unspecified atom stereocenters. The van der Waals surface area contributed by atoms with Gasteiger partial charge in [0.25, 0.3) is 0 Å². The lowest BCUT2D eigenvalue weighted by atomic mass is 9.76. The molecule has 1 heterocycles. The maximum absolute atomic E-state index is 3.86. The van der Waals surface area contributed by atoms with E-state index in [2.05, 4.69) is 50.4 Å². The number of hydrogen-bond acceptors (Lipinski definition) is 1. The highest BCUT2D eigenvalue weighted by atomic mass is 15.0. The van der Waals surface area contributed by atoms with Crippen molar-refractivity contribution in [3.05, 3.63) is 35.4 Å². The van der Waals surface area contributed by atoms with Gasteiger partial charge in [-0.1, -0.05) is 64.3 Å². The van der Waals surface area contributed by atoms with E-state index >= 15 is 0 Å². The van der Waals surface area contributed by atoms with E-state index in [4.69, 9.17) is 0 Å². The summed E-state index contributed by atoms with van der Waals surface area (Å²) in [6.45, 7) is 8.13. The fourth-order valence-electron chi connectivity index (χ4n) is 3.44. The molecule has 1 aliphatic rings. The van der Waals surface area contributed by atoms with Crippen molar-refractivity contribution >= 4 is 0 Å². The van der Waals surface area contributed by atoms with Crippen LogP contribution in [0.15, 0.2) is 24.3 Å². The summed E-state index contributed by atoms with van der Waals surface area (Å²) < 4.78 is 0. The van der Waals surface area contributed by atoms with Crippen LogP contribution in [0.25, 0.3) is 0 Å². The van der Waals surface area contributed by atoms with Crippen LogP contribution in [-0.2, 0) is 12.0 Å². The Morgan fingerprint density at radius 2 is 1.84 bits per heavy atom. The number of hydrogen-bond donors (Lipinski definition) is 1. The van der Waals surface area contributed by atoms with Gasteiger partial charge in [0, 0.05) is 5.54 Å². The zero-order valence-electron chi connectivity index (χ0n) is 12.8. The van der Waals surface area contributed by atoms with E-state index in [9.17, 15) is 0 Å². The molecule has 1 saturated heterocycles. The quantitative estimate of drug-likeness (QED) is 0.829. The van der Waals surface area contributed by atoms with Crippen molar-refractivity contribution in [2.24, 2.45) is 5.92 Å². The van der Waals surface area contributed by atoms with Crippen molar-refractivity contribution in [3.63, 3.8) is 0 Å². The molecule has 1 heteroatoms. The Morgan fingerprint density at radius 1 is 1.11 bits per heavy atom. The van der Waals surface area contributed by atoms with Gasteiger partial charge in [-0.15, -0.1) is 0 Å². The van der Waals surface area contributed by atoms with Crippen LogP contribution in [0.2, 0.25) is 0 Å². The monoisotopic (exact) mass is 259 g/mol. The van der Waals surface area contributed by atoms with Crippen LogP contribution in [0.1, 0.15) is 64.0 Å². The molecular formula is C18H29N. The Balaban J connectivity index is 2.27. The standard InChI is InChI=1S/C18H29N/c1-4-8-16-9-11-17(12-10-16)18(15(2)3)13-6-5-7-14-19-18/h9-12,15,19H,4-8,13-14H2,1-3H3. The summed E-state index contributed by atoms with van der Waals surface area (Å²) in [5, 5.41) is 3.86. The summed E-state index contributed by atoms with van der Waals surface area (Å²) in [6, 6.07) is 9.39. The molecular weight excluding hydrogens is 230 g/mol. The van der Waals surface area contributed by atoms with Gasteiger partial charge >= 0.3 is 0 Å². The van der Waals surface area contributed by atoms with Gasteiger partial charge in [-0.2, -0.15) is 0 Å². The van der Waals surface area contributed by atoms with Crippen molar-refractivity contribution in [2.45, 2.75) is 64.8 Å². The maximum Gasteiger partial charge on any atom is 0.0457 e. The van der Waals surface area contributed by atoms with E-state index in [0.29, 0.717) is 5.92 Å². The second-order valence-corrected chi connectivity index (χ2v) is 6.31. The predicted octanol–water partition coefficient (Wildman–Crippen LogP) is 4.65. The highest BCUT2D eigenvalue weighted by molar-refractivity contribution is 5.29. The maximum atomic E-state index is 3.86. The summed E-state index contributed by atoms with van der Waals surface area (Å²) in [6.07, 6.45) is 7.74. The van der Waals surface area contributed by atoms with Crippen LogP contribution in [0.5, 0.6) is 0 Å². The first-order valence-electron chi connectivity index (χ1n) is 8.03. The minimum atomic E-state index is 0.196. The van der Waals surface area contributed by atoms with Gasteiger partial charge in [0.2, 0.25) is 0 Å². The van der Waals surface area contributed by atoms with Gasteiger partial charge in [-0.05, 0) is 42.9 Å². The van der Waals surface area contributed by atoms with Crippen LogP contribution >= 0.6 is 0 Å². The first-order valence-corrected chi connectivity index (χ1v) is 8.03. The minimum Gasteiger partial charge on any atom is -0.307 e. The highest BCUT2D eigenvalue weighted by Gasteiger charge is 2.35. The smallest absolute Gasteiger partial charge is 0.0457 e. The molecule has 1 nitrogen and oxygen atoms in total.